The molecule has 122 valence electrons. The van der Waals surface area contributed by atoms with Gasteiger partial charge in [0.2, 0.25) is 5.91 Å². The lowest BCUT2D eigenvalue weighted by molar-refractivity contribution is -0.121. The molecule has 1 amide bonds. The zero-order valence-electron chi connectivity index (χ0n) is 12.4. The number of Topliss-reactive ketones (excluding diaryl/α,β-unsaturated/α-hetero) is 1. The van der Waals surface area contributed by atoms with Gasteiger partial charge in [0, 0.05) is 12.6 Å². The van der Waals surface area contributed by atoms with E-state index in [4.69, 9.17) is 5.26 Å². The van der Waals surface area contributed by atoms with Crippen LogP contribution < -0.4 is 5.32 Å². The number of halogens is 3. The summed E-state index contributed by atoms with van der Waals surface area (Å²) in [5, 5.41) is 11.1. The molecule has 0 aliphatic heterocycles. The Labute approximate surface area is 135 Å². The number of carbonyl (C=O) groups is 2. The maximum Gasteiger partial charge on any atom is 0.245 e. The normalized spacial score (nSPS) is 11.5. The summed E-state index contributed by atoms with van der Waals surface area (Å²) < 4.78 is 39.5. The van der Waals surface area contributed by atoms with Crippen molar-refractivity contribution < 1.29 is 22.8 Å². The summed E-state index contributed by atoms with van der Waals surface area (Å²) in [7, 11) is 1.31. The number of ketones is 1. The molecule has 0 radical (unpaired) electrons. The maximum absolute atomic E-state index is 13.3. The third-order valence-electron chi connectivity index (χ3n) is 3.39. The smallest absolute Gasteiger partial charge is 0.245 e. The standard InChI is InChI=1S/C17H11F3N2O2/c1-22-17(24)12(8-21)16(23)10-4-2-9(3-5-10)11-6-13(18)15(20)14(19)7-11/h2-7,12H,1H3,(H,22,24). The van der Waals surface area contributed by atoms with E-state index in [1.165, 1.54) is 31.3 Å². The van der Waals surface area contributed by atoms with Crippen LogP contribution in [0.25, 0.3) is 11.1 Å². The number of rotatable bonds is 4. The van der Waals surface area contributed by atoms with Gasteiger partial charge in [-0.05, 0) is 23.3 Å². The highest BCUT2D eigenvalue weighted by Gasteiger charge is 2.26. The monoisotopic (exact) mass is 332 g/mol. The highest BCUT2D eigenvalue weighted by atomic mass is 19.2. The molecule has 24 heavy (non-hydrogen) atoms. The van der Waals surface area contributed by atoms with Crippen LogP contribution in [-0.4, -0.2) is 18.7 Å². The van der Waals surface area contributed by atoms with Crippen molar-refractivity contribution in [2.75, 3.05) is 7.05 Å². The quantitative estimate of drug-likeness (QED) is 0.532. The molecule has 1 unspecified atom stereocenters. The zero-order valence-corrected chi connectivity index (χ0v) is 12.4. The van der Waals surface area contributed by atoms with Gasteiger partial charge in [0.15, 0.2) is 29.2 Å². The van der Waals surface area contributed by atoms with E-state index in [1.807, 2.05) is 0 Å². The fraction of sp³-hybridized carbons (Fsp3) is 0.118. The van der Waals surface area contributed by atoms with Gasteiger partial charge in [-0.15, -0.1) is 0 Å². The first-order chi connectivity index (χ1) is 11.4. The van der Waals surface area contributed by atoms with E-state index < -0.39 is 35.1 Å². The van der Waals surface area contributed by atoms with Gasteiger partial charge in [-0.2, -0.15) is 5.26 Å². The van der Waals surface area contributed by atoms with Gasteiger partial charge >= 0.3 is 0 Å². The van der Waals surface area contributed by atoms with Crippen LogP contribution >= 0.6 is 0 Å². The molecule has 0 heterocycles. The minimum atomic E-state index is -1.56. The Morgan fingerprint density at radius 2 is 1.58 bits per heavy atom. The van der Waals surface area contributed by atoms with Crippen molar-refractivity contribution >= 4 is 11.7 Å². The molecule has 0 aliphatic rings. The molecule has 0 fully saturated rings. The first-order valence-electron chi connectivity index (χ1n) is 6.79. The van der Waals surface area contributed by atoms with Crippen molar-refractivity contribution in [2.24, 2.45) is 5.92 Å². The Hall–Kier alpha value is -3.14. The zero-order chi connectivity index (χ0) is 17.9. The van der Waals surface area contributed by atoms with Gasteiger partial charge in [-0.1, -0.05) is 24.3 Å². The van der Waals surface area contributed by atoms with Gasteiger partial charge < -0.3 is 5.32 Å². The molecule has 0 saturated carbocycles. The van der Waals surface area contributed by atoms with Gasteiger partial charge in [0.25, 0.3) is 0 Å². The minimum absolute atomic E-state index is 0.0912. The lowest BCUT2D eigenvalue weighted by atomic mass is 9.96. The van der Waals surface area contributed by atoms with Crippen molar-refractivity contribution in [3.8, 4) is 17.2 Å². The largest absolute Gasteiger partial charge is 0.358 e. The van der Waals surface area contributed by atoms with E-state index >= 15 is 0 Å². The number of amides is 1. The highest BCUT2D eigenvalue weighted by Crippen LogP contribution is 2.24. The van der Waals surface area contributed by atoms with Crippen LogP contribution in [0.15, 0.2) is 36.4 Å². The summed E-state index contributed by atoms with van der Waals surface area (Å²) in [5.41, 5.74) is 0.531. The van der Waals surface area contributed by atoms with Crippen LogP contribution in [0.3, 0.4) is 0 Å². The van der Waals surface area contributed by atoms with Crippen LogP contribution in [0.5, 0.6) is 0 Å². The summed E-state index contributed by atoms with van der Waals surface area (Å²) in [4.78, 5) is 23.6. The molecule has 0 saturated heterocycles. The molecule has 4 nitrogen and oxygen atoms in total. The van der Waals surface area contributed by atoms with Crippen LogP contribution in [0.4, 0.5) is 13.2 Å². The Balaban J connectivity index is 2.33. The molecular weight excluding hydrogens is 321 g/mol. The minimum Gasteiger partial charge on any atom is -0.358 e. The van der Waals surface area contributed by atoms with Crippen molar-refractivity contribution in [1.29, 1.82) is 5.26 Å². The second-order valence-electron chi connectivity index (χ2n) is 4.87. The van der Waals surface area contributed by atoms with Gasteiger partial charge in [0.05, 0.1) is 6.07 Å². The fourth-order valence-corrected chi connectivity index (χ4v) is 2.10. The molecule has 0 spiro atoms. The molecule has 1 N–H and O–H groups in total. The molecule has 2 aromatic rings. The van der Waals surface area contributed by atoms with Crippen LogP contribution in [0.2, 0.25) is 0 Å². The Kier molecular flexibility index (Phi) is 4.99. The third-order valence-corrected chi connectivity index (χ3v) is 3.39. The first kappa shape index (κ1) is 17.2. The second-order valence-corrected chi connectivity index (χ2v) is 4.87. The molecule has 0 aliphatic carbocycles. The van der Waals surface area contributed by atoms with Gasteiger partial charge in [0.1, 0.15) is 0 Å². The Morgan fingerprint density at radius 1 is 1.04 bits per heavy atom. The summed E-state index contributed by atoms with van der Waals surface area (Å²) in [6.07, 6.45) is 0. The summed E-state index contributed by atoms with van der Waals surface area (Å²) in [6.45, 7) is 0. The Bertz CT molecular complexity index is 819. The lowest BCUT2D eigenvalue weighted by Crippen LogP contribution is -2.32. The number of nitrogens with zero attached hydrogens (tertiary/aromatic N) is 1. The van der Waals surface area contributed by atoms with E-state index in [2.05, 4.69) is 5.32 Å². The van der Waals surface area contributed by atoms with E-state index in [1.54, 1.807) is 6.07 Å². The van der Waals surface area contributed by atoms with Crippen LogP contribution in [0.1, 0.15) is 10.4 Å². The molecule has 2 aromatic carbocycles. The number of benzene rings is 2. The average Bonchev–Trinajstić information content (AvgIpc) is 2.59. The van der Waals surface area contributed by atoms with Gasteiger partial charge in [-0.25, -0.2) is 13.2 Å². The van der Waals surface area contributed by atoms with Crippen molar-refractivity contribution in [1.82, 2.24) is 5.32 Å². The van der Waals surface area contributed by atoms with Crippen molar-refractivity contribution in [3.05, 3.63) is 59.4 Å². The van der Waals surface area contributed by atoms with Crippen molar-refractivity contribution in [2.45, 2.75) is 0 Å². The topological polar surface area (TPSA) is 70.0 Å². The number of hydrogen-bond acceptors (Lipinski definition) is 3. The SMILES string of the molecule is CNC(=O)C(C#N)C(=O)c1ccc(-c2cc(F)c(F)c(F)c2)cc1. The average molecular weight is 332 g/mol. The fourth-order valence-electron chi connectivity index (χ4n) is 2.10. The van der Waals surface area contributed by atoms with Crippen molar-refractivity contribution in [3.63, 3.8) is 0 Å². The molecule has 0 bridgehead atoms. The molecule has 2 rings (SSSR count). The Morgan fingerprint density at radius 3 is 2.04 bits per heavy atom. The van der Waals surface area contributed by atoms with Gasteiger partial charge in [-0.3, -0.25) is 9.59 Å². The number of nitrogens with one attached hydrogen (secondary N) is 1. The third kappa shape index (κ3) is 3.27. The highest BCUT2D eigenvalue weighted by molar-refractivity contribution is 6.12. The second kappa shape index (κ2) is 6.96. The molecule has 7 heteroatoms. The maximum atomic E-state index is 13.3. The van der Waals surface area contributed by atoms with E-state index in [-0.39, 0.29) is 11.1 Å². The predicted octanol–water partition coefficient (Wildman–Crippen LogP) is 2.84. The lowest BCUT2D eigenvalue weighted by Gasteiger charge is -2.08. The number of carbonyl (C=O) groups excluding carboxylic acids is 2. The number of nitriles is 1. The predicted molar refractivity (Wildman–Crippen MR) is 79.3 cm³/mol. The van der Waals surface area contributed by atoms with Crippen LogP contribution in [0, 0.1) is 34.7 Å². The van der Waals surface area contributed by atoms with E-state index in [9.17, 15) is 22.8 Å². The molecular formula is C17H11F3N2O2. The number of hydrogen-bond donors (Lipinski definition) is 1. The van der Waals surface area contributed by atoms with Crippen LogP contribution in [-0.2, 0) is 4.79 Å². The summed E-state index contributed by atoms with van der Waals surface area (Å²) in [6, 6.07) is 8.70. The first-order valence-corrected chi connectivity index (χ1v) is 6.79. The van der Waals surface area contributed by atoms with E-state index in [0.29, 0.717) is 5.56 Å². The van der Waals surface area contributed by atoms with E-state index in [0.717, 1.165) is 12.1 Å². The summed E-state index contributed by atoms with van der Waals surface area (Å²) in [5.74, 6) is -7.12. The molecule has 0 aromatic heterocycles. The molecule has 1 atom stereocenters. The summed E-state index contributed by atoms with van der Waals surface area (Å²) >= 11 is 0.